The lowest BCUT2D eigenvalue weighted by molar-refractivity contribution is 0.0847. The summed E-state index contributed by atoms with van der Waals surface area (Å²) in [4.78, 5) is 13.2. The molecular weight excluding hydrogens is 328 g/mol. The number of rotatable bonds is 5. The molecule has 0 aliphatic carbocycles. The number of nitrogens with zero attached hydrogens (tertiary/aromatic N) is 1. The molecule has 1 atom stereocenters. The smallest absolute Gasteiger partial charge is 0.234 e. The summed E-state index contributed by atoms with van der Waals surface area (Å²) in [6.45, 7) is 4.37. The summed E-state index contributed by atoms with van der Waals surface area (Å²) in [5, 5.41) is 20.2. The Hall–Kier alpha value is -2.79. The monoisotopic (exact) mass is 352 g/mol. The third kappa shape index (κ3) is 3.18. The molecule has 1 heterocycles. The van der Waals surface area contributed by atoms with Crippen LogP contribution in [0.15, 0.2) is 42.5 Å². The van der Waals surface area contributed by atoms with Gasteiger partial charge < -0.3 is 15.9 Å². The van der Waals surface area contributed by atoms with Gasteiger partial charge in [-0.3, -0.25) is 9.36 Å². The van der Waals surface area contributed by atoms with E-state index in [1.54, 1.807) is 10.6 Å². The van der Waals surface area contributed by atoms with E-state index in [2.05, 4.69) is 0 Å². The Balaban J connectivity index is 1.96. The summed E-state index contributed by atoms with van der Waals surface area (Å²) in [5.41, 5.74) is 9.51. The summed E-state index contributed by atoms with van der Waals surface area (Å²) in [5.74, 6) is -0.602. The van der Waals surface area contributed by atoms with Crippen molar-refractivity contribution < 1.29 is 15.0 Å². The number of nitrogens with two attached hydrogens (primary N) is 1. The highest BCUT2D eigenvalue weighted by Gasteiger charge is 2.22. The summed E-state index contributed by atoms with van der Waals surface area (Å²) in [7, 11) is 0. The van der Waals surface area contributed by atoms with E-state index in [1.165, 1.54) is 12.1 Å². The SMILES string of the molecule is Cc1c(CCN)c2ccccc2n1C(=O)C(C)Cc1ccc(O)c(O)c1. The molecule has 1 aromatic heterocycles. The number of phenols is 2. The summed E-state index contributed by atoms with van der Waals surface area (Å²) in [6, 6.07) is 12.6. The first-order valence-electron chi connectivity index (χ1n) is 8.78. The van der Waals surface area contributed by atoms with Crippen molar-refractivity contribution in [2.75, 3.05) is 6.54 Å². The molecule has 3 aromatic rings. The van der Waals surface area contributed by atoms with Gasteiger partial charge in [0, 0.05) is 17.0 Å². The van der Waals surface area contributed by atoms with Gasteiger partial charge in [0.1, 0.15) is 0 Å². The Morgan fingerprint density at radius 3 is 2.58 bits per heavy atom. The number of aromatic nitrogens is 1. The fourth-order valence-electron chi connectivity index (χ4n) is 3.54. The summed E-state index contributed by atoms with van der Waals surface area (Å²) < 4.78 is 1.78. The van der Waals surface area contributed by atoms with E-state index in [9.17, 15) is 15.0 Å². The van der Waals surface area contributed by atoms with Crippen LogP contribution in [0.5, 0.6) is 11.5 Å². The van der Waals surface area contributed by atoms with Gasteiger partial charge in [0.25, 0.3) is 0 Å². The van der Waals surface area contributed by atoms with Gasteiger partial charge in [-0.2, -0.15) is 0 Å². The van der Waals surface area contributed by atoms with Crippen LogP contribution in [-0.2, 0) is 12.8 Å². The largest absolute Gasteiger partial charge is 0.504 e. The number of carbonyl (C=O) groups is 1. The Morgan fingerprint density at radius 1 is 1.15 bits per heavy atom. The van der Waals surface area contributed by atoms with E-state index in [4.69, 9.17) is 5.73 Å². The molecule has 5 heteroatoms. The molecular formula is C21H24N2O3. The van der Waals surface area contributed by atoms with Crippen molar-refractivity contribution in [3.8, 4) is 11.5 Å². The molecule has 0 amide bonds. The average Bonchev–Trinajstić information content (AvgIpc) is 2.90. The van der Waals surface area contributed by atoms with Crippen LogP contribution in [0, 0.1) is 12.8 Å². The number of hydrogen-bond acceptors (Lipinski definition) is 4. The molecule has 0 aliphatic rings. The summed E-state index contributed by atoms with van der Waals surface area (Å²) in [6.07, 6.45) is 1.21. The highest BCUT2D eigenvalue weighted by Crippen LogP contribution is 2.29. The number of fused-ring (bicyclic) bond motifs is 1. The highest BCUT2D eigenvalue weighted by molar-refractivity contribution is 5.96. The number of para-hydroxylation sites is 1. The molecule has 0 aliphatic heterocycles. The minimum Gasteiger partial charge on any atom is -0.504 e. The van der Waals surface area contributed by atoms with Crippen molar-refractivity contribution in [2.45, 2.75) is 26.7 Å². The second-order valence-corrected chi connectivity index (χ2v) is 6.72. The van der Waals surface area contributed by atoms with Crippen LogP contribution < -0.4 is 5.73 Å². The Labute approximate surface area is 152 Å². The highest BCUT2D eigenvalue weighted by atomic mass is 16.3. The lowest BCUT2D eigenvalue weighted by atomic mass is 9.99. The van der Waals surface area contributed by atoms with Gasteiger partial charge in [0.05, 0.1) is 5.52 Å². The van der Waals surface area contributed by atoms with Gasteiger partial charge >= 0.3 is 0 Å². The average molecular weight is 352 g/mol. The summed E-state index contributed by atoms with van der Waals surface area (Å²) >= 11 is 0. The Morgan fingerprint density at radius 2 is 1.88 bits per heavy atom. The van der Waals surface area contributed by atoms with Crippen LogP contribution >= 0.6 is 0 Å². The van der Waals surface area contributed by atoms with E-state index in [1.807, 2.05) is 38.1 Å². The van der Waals surface area contributed by atoms with Crippen molar-refractivity contribution in [2.24, 2.45) is 11.7 Å². The Kier molecular flexibility index (Phi) is 5.00. The number of hydrogen-bond donors (Lipinski definition) is 3. The van der Waals surface area contributed by atoms with Crippen LogP contribution in [0.3, 0.4) is 0 Å². The molecule has 136 valence electrons. The first-order chi connectivity index (χ1) is 12.4. The fraction of sp³-hybridized carbons (Fsp3) is 0.286. The predicted octanol–water partition coefficient (Wildman–Crippen LogP) is 3.38. The number of phenolic OH excluding ortho intramolecular Hbond substituents is 2. The predicted molar refractivity (Wildman–Crippen MR) is 103 cm³/mol. The molecule has 0 radical (unpaired) electrons. The third-order valence-electron chi connectivity index (χ3n) is 4.86. The van der Waals surface area contributed by atoms with Crippen molar-refractivity contribution in [1.29, 1.82) is 0 Å². The minimum atomic E-state index is -0.279. The van der Waals surface area contributed by atoms with E-state index >= 15 is 0 Å². The zero-order chi connectivity index (χ0) is 18.8. The molecule has 26 heavy (non-hydrogen) atoms. The van der Waals surface area contributed by atoms with Gasteiger partial charge in [-0.25, -0.2) is 0 Å². The number of aromatic hydroxyl groups is 2. The molecule has 0 fully saturated rings. The first kappa shape index (κ1) is 18.0. The van der Waals surface area contributed by atoms with Gasteiger partial charge in [-0.15, -0.1) is 0 Å². The topological polar surface area (TPSA) is 88.5 Å². The maximum atomic E-state index is 13.2. The van der Waals surface area contributed by atoms with Gasteiger partial charge in [-0.05, 0) is 55.6 Å². The maximum absolute atomic E-state index is 13.2. The zero-order valence-corrected chi connectivity index (χ0v) is 15.1. The molecule has 3 rings (SSSR count). The van der Waals surface area contributed by atoms with Gasteiger partial charge in [0.2, 0.25) is 5.91 Å². The van der Waals surface area contributed by atoms with Gasteiger partial charge in [0.15, 0.2) is 11.5 Å². The third-order valence-corrected chi connectivity index (χ3v) is 4.86. The number of carbonyl (C=O) groups excluding carboxylic acids is 1. The van der Waals surface area contributed by atoms with Crippen LogP contribution in [0.25, 0.3) is 10.9 Å². The van der Waals surface area contributed by atoms with Crippen molar-refractivity contribution in [1.82, 2.24) is 4.57 Å². The molecule has 5 nitrogen and oxygen atoms in total. The molecule has 0 bridgehead atoms. The van der Waals surface area contributed by atoms with Crippen molar-refractivity contribution in [3.63, 3.8) is 0 Å². The van der Waals surface area contributed by atoms with Crippen LogP contribution in [0.2, 0.25) is 0 Å². The van der Waals surface area contributed by atoms with Crippen molar-refractivity contribution >= 4 is 16.8 Å². The molecule has 1 unspecified atom stereocenters. The molecule has 0 spiro atoms. The lowest BCUT2D eigenvalue weighted by Crippen LogP contribution is -2.22. The first-order valence-corrected chi connectivity index (χ1v) is 8.78. The minimum absolute atomic E-state index is 0.00883. The molecule has 0 saturated carbocycles. The van der Waals surface area contributed by atoms with E-state index in [0.29, 0.717) is 13.0 Å². The van der Waals surface area contributed by atoms with E-state index in [-0.39, 0.29) is 23.3 Å². The fourth-order valence-corrected chi connectivity index (χ4v) is 3.54. The molecule has 4 N–H and O–H groups in total. The quantitative estimate of drug-likeness (QED) is 0.614. The van der Waals surface area contributed by atoms with Crippen LogP contribution in [0.1, 0.15) is 28.5 Å². The second-order valence-electron chi connectivity index (χ2n) is 6.72. The number of benzene rings is 2. The second kappa shape index (κ2) is 7.22. The normalized spacial score (nSPS) is 12.4. The Bertz CT molecular complexity index is 959. The molecule has 2 aromatic carbocycles. The van der Waals surface area contributed by atoms with Gasteiger partial charge in [-0.1, -0.05) is 31.2 Å². The zero-order valence-electron chi connectivity index (χ0n) is 15.1. The van der Waals surface area contributed by atoms with Crippen LogP contribution in [0.4, 0.5) is 0 Å². The lowest BCUT2D eigenvalue weighted by Gasteiger charge is -2.14. The standard InChI is InChI=1S/C21H24N2O3/c1-13(11-15-7-8-19(24)20(25)12-15)21(26)23-14(2)16(9-10-22)17-5-3-4-6-18(17)23/h3-8,12-13,24-25H,9-11,22H2,1-2H3. The maximum Gasteiger partial charge on any atom is 0.234 e. The van der Waals surface area contributed by atoms with E-state index < -0.39 is 0 Å². The van der Waals surface area contributed by atoms with Crippen LogP contribution in [-0.4, -0.2) is 27.2 Å². The molecule has 0 saturated heterocycles. The van der Waals surface area contributed by atoms with Crippen molar-refractivity contribution in [3.05, 3.63) is 59.3 Å². The van der Waals surface area contributed by atoms with E-state index in [0.717, 1.165) is 34.1 Å².